The van der Waals surface area contributed by atoms with Gasteiger partial charge in [-0.2, -0.15) is 0 Å². The summed E-state index contributed by atoms with van der Waals surface area (Å²) < 4.78 is 10.9. The monoisotopic (exact) mass is 269 g/mol. The van der Waals surface area contributed by atoms with Crippen molar-refractivity contribution in [2.24, 2.45) is 0 Å². The first kappa shape index (κ1) is 14.1. The fourth-order valence-corrected chi connectivity index (χ4v) is 2.15. The molecule has 1 aromatic heterocycles. The van der Waals surface area contributed by atoms with Crippen LogP contribution < -0.4 is 0 Å². The summed E-state index contributed by atoms with van der Waals surface area (Å²) in [7, 11) is 1.60. The molecule has 2 heterocycles. The van der Waals surface area contributed by atoms with Crippen LogP contribution >= 0.6 is 0 Å². The minimum atomic E-state index is 0.572. The summed E-state index contributed by atoms with van der Waals surface area (Å²) in [4.78, 5) is 4.58. The summed E-state index contributed by atoms with van der Waals surface area (Å²) >= 11 is 0. The zero-order valence-electron chi connectivity index (χ0n) is 11.8. The van der Waals surface area contributed by atoms with Gasteiger partial charge in [0.25, 0.3) is 0 Å². The van der Waals surface area contributed by atoms with Crippen molar-refractivity contribution in [3.63, 3.8) is 0 Å². The maximum absolute atomic E-state index is 5.67. The lowest BCUT2D eigenvalue weighted by atomic mass is 10.0. The predicted octanol–water partition coefficient (Wildman–Crippen LogP) is 4.14. The van der Waals surface area contributed by atoms with Crippen LogP contribution in [0.25, 0.3) is 23.7 Å². The van der Waals surface area contributed by atoms with E-state index in [1.165, 1.54) is 0 Å². The number of pyridine rings is 1. The lowest BCUT2D eigenvalue weighted by Crippen LogP contribution is -2.05. The van der Waals surface area contributed by atoms with Gasteiger partial charge in [-0.25, -0.2) is 4.98 Å². The zero-order chi connectivity index (χ0) is 14.5. The van der Waals surface area contributed by atoms with Gasteiger partial charge < -0.3 is 9.47 Å². The highest BCUT2D eigenvalue weighted by molar-refractivity contribution is 5.77. The van der Waals surface area contributed by atoms with Crippen molar-refractivity contribution < 1.29 is 9.47 Å². The molecule has 3 nitrogen and oxygen atoms in total. The van der Waals surface area contributed by atoms with Crippen LogP contribution in [-0.2, 0) is 9.47 Å². The van der Waals surface area contributed by atoms with Crippen molar-refractivity contribution in [1.29, 1.82) is 0 Å². The average molecular weight is 269 g/mol. The Morgan fingerprint density at radius 2 is 2.20 bits per heavy atom. The van der Waals surface area contributed by atoms with E-state index in [9.17, 15) is 0 Å². The second-order valence-corrected chi connectivity index (χ2v) is 4.45. The van der Waals surface area contributed by atoms with Crippen LogP contribution in [0.3, 0.4) is 0 Å². The summed E-state index contributed by atoms with van der Waals surface area (Å²) in [5.41, 5.74) is 3.25. The molecule has 0 N–H and O–H groups in total. The highest BCUT2D eigenvalue weighted by Crippen LogP contribution is 2.28. The second-order valence-electron chi connectivity index (χ2n) is 4.45. The molecular formula is C17H19NO2. The molecule has 1 aliphatic rings. The number of methoxy groups -OCH3 is 1. The van der Waals surface area contributed by atoms with Crippen LogP contribution in [0.2, 0.25) is 0 Å². The molecule has 1 aromatic rings. The average Bonchev–Trinajstić information content (AvgIpc) is 2.53. The van der Waals surface area contributed by atoms with Gasteiger partial charge in [0.05, 0.1) is 19.4 Å². The Morgan fingerprint density at radius 1 is 1.40 bits per heavy atom. The summed E-state index contributed by atoms with van der Waals surface area (Å²) in [6.07, 6.45) is 7.55. The van der Waals surface area contributed by atoms with Crippen molar-refractivity contribution in [1.82, 2.24) is 4.98 Å². The SMILES string of the molecule is C=Cc1nc(C2=CCCCO2)cc(C(=C)OC)c1C=C. The normalized spacial score (nSPS) is 13.9. The minimum Gasteiger partial charge on any atom is -0.497 e. The lowest BCUT2D eigenvalue weighted by Gasteiger charge is -2.17. The third kappa shape index (κ3) is 2.67. The van der Waals surface area contributed by atoms with E-state index in [2.05, 4.69) is 30.8 Å². The second kappa shape index (κ2) is 6.24. The van der Waals surface area contributed by atoms with Gasteiger partial charge >= 0.3 is 0 Å². The van der Waals surface area contributed by atoms with E-state index in [0.717, 1.165) is 47.7 Å². The molecule has 0 spiro atoms. The number of hydrogen-bond acceptors (Lipinski definition) is 3. The van der Waals surface area contributed by atoms with Gasteiger partial charge in [-0.1, -0.05) is 25.8 Å². The van der Waals surface area contributed by atoms with Gasteiger partial charge in [-0.15, -0.1) is 0 Å². The Bertz CT molecular complexity index is 585. The first-order valence-corrected chi connectivity index (χ1v) is 6.57. The maximum Gasteiger partial charge on any atom is 0.140 e. The highest BCUT2D eigenvalue weighted by Gasteiger charge is 2.16. The van der Waals surface area contributed by atoms with E-state index in [0.29, 0.717) is 5.76 Å². The van der Waals surface area contributed by atoms with Gasteiger partial charge in [0.1, 0.15) is 17.2 Å². The number of allylic oxidation sites excluding steroid dienone is 1. The molecule has 3 heteroatoms. The van der Waals surface area contributed by atoms with E-state index < -0.39 is 0 Å². The van der Waals surface area contributed by atoms with Crippen LogP contribution in [0.5, 0.6) is 0 Å². The summed E-state index contributed by atoms with van der Waals surface area (Å²) in [6.45, 7) is 12.3. The number of hydrogen-bond donors (Lipinski definition) is 0. The Hall–Kier alpha value is -2.29. The van der Waals surface area contributed by atoms with Crippen LogP contribution in [0.15, 0.2) is 31.9 Å². The van der Waals surface area contributed by atoms with Crippen molar-refractivity contribution in [2.45, 2.75) is 12.8 Å². The molecule has 0 fully saturated rings. The smallest absolute Gasteiger partial charge is 0.140 e. The van der Waals surface area contributed by atoms with Crippen molar-refractivity contribution in [2.75, 3.05) is 13.7 Å². The fourth-order valence-electron chi connectivity index (χ4n) is 2.15. The largest absolute Gasteiger partial charge is 0.497 e. The number of ether oxygens (including phenoxy) is 2. The number of rotatable bonds is 5. The molecule has 0 unspecified atom stereocenters. The molecule has 0 bridgehead atoms. The molecule has 0 amide bonds. The quantitative estimate of drug-likeness (QED) is 0.753. The minimum absolute atomic E-state index is 0.572. The maximum atomic E-state index is 5.67. The standard InChI is InChI=1S/C17H19NO2/c1-5-13-14(12(3)19-4)11-16(18-15(13)6-2)17-9-7-8-10-20-17/h5-6,9,11H,1-3,7-8,10H2,4H3. The van der Waals surface area contributed by atoms with E-state index in [1.807, 2.05) is 6.07 Å². The van der Waals surface area contributed by atoms with E-state index in [-0.39, 0.29) is 0 Å². The molecular weight excluding hydrogens is 250 g/mol. The lowest BCUT2D eigenvalue weighted by molar-refractivity contribution is 0.257. The molecule has 104 valence electrons. The number of nitrogens with zero attached hydrogens (tertiary/aromatic N) is 1. The molecule has 0 saturated carbocycles. The third-order valence-corrected chi connectivity index (χ3v) is 3.22. The van der Waals surface area contributed by atoms with Gasteiger partial charge in [0.2, 0.25) is 0 Å². The van der Waals surface area contributed by atoms with Crippen LogP contribution in [0.1, 0.15) is 35.4 Å². The summed E-state index contributed by atoms with van der Waals surface area (Å²) in [6, 6.07) is 1.92. The Kier molecular flexibility index (Phi) is 4.41. The molecule has 2 rings (SSSR count). The predicted molar refractivity (Wildman–Crippen MR) is 83.6 cm³/mol. The molecule has 0 radical (unpaired) electrons. The van der Waals surface area contributed by atoms with Gasteiger partial charge in [0, 0.05) is 11.1 Å². The first-order chi connectivity index (χ1) is 9.71. The molecule has 0 aromatic carbocycles. The van der Waals surface area contributed by atoms with Crippen LogP contribution in [0.4, 0.5) is 0 Å². The van der Waals surface area contributed by atoms with Gasteiger partial charge in [0.15, 0.2) is 0 Å². The van der Waals surface area contributed by atoms with Crippen molar-refractivity contribution in [3.05, 3.63) is 54.4 Å². The van der Waals surface area contributed by atoms with Crippen LogP contribution in [-0.4, -0.2) is 18.7 Å². The molecule has 0 aliphatic carbocycles. The first-order valence-electron chi connectivity index (χ1n) is 6.57. The Balaban J connectivity index is 2.59. The van der Waals surface area contributed by atoms with E-state index >= 15 is 0 Å². The van der Waals surface area contributed by atoms with E-state index in [1.54, 1.807) is 19.3 Å². The molecule has 20 heavy (non-hydrogen) atoms. The molecule has 1 aliphatic heterocycles. The summed E-state index contributed by atoms with van der Waals surface area (Å²) in [5, 5.41) is 0. The highest BCUT2D eigenvalue weighted by atomic mass is 16.5. The molecule has 0 atom stereocenters. The van der Waals surface area contributed by atoms with Gasteiger partial charge in [-0.05, 0) is 31.1 Å². The molecule has 0 saturated heterocycles. The van der Waals surface area contributed by atoms with E-state index in [4.69, 9.17) is 9.47 Å². The zero-order valence-corrected chi connectivity index (χ0v) is 11.8. The fraction of sp³-hybridized carbons (Fsp3) is 0.235. The van der Waals surface area contributed by atoms with Crippen molar-refractivity contribution in [3.8, 4) is 0 Å². The van der Waals surface area contributed by atoms with Crippen LogP contribution in [0, 0.1) is 0 Å². The topological polar surface area (TPSA) is 31.4 Å². The Morgan fingerprint density at radius 3 is 2.75 bits per heavy atom. The van der Waals surface area contributed by atoms with Crippen molar-refractivity contribution >= 4 is 23.7 Å². The number of aromatic nitrogens is 1. The third-order valence-electron chi connectivity index (χ3n) is 3.22. The Labute approximate surface area is 119 Å². The summed E-state index contributed by atoms with van der Waals surface area (Å²) in [5.74, 6) is 1.38. The van der Waals surface area contributed by atoms with Gasteiger partial charge in [-0.3, -0.25) is 0 Å².